The predicted octanol–water partition coefficient (Wildman–Crippen LogP) is 2.50. The van der Waals surface area contributed by atoms with Crippen molar-refractivity contribution < 1.29 is 14.7 Å². The molecule has 130 valence electrons. The molecule has 0 spiro atoms. The number of hydrogen-bond donors (Lipinski definition) is 1. The van der Waals surface area contributed by atoms with Crippen LogP contribution in [0.1, 0.15) is 64.7 Å². The van der Waals surface area contributed by atoms with Gasteiger partial charge in [0.15, 0.2) is 0 Å². The van der Waals surface area contributed by atoms with Gasteiger partial charge in [-0.05, 0) is 50.9 Å². The maximum absolute atomic E-state index is 12.9. The lowest BCUT2D eigenvalue weighted by atomic mass is 9.85. The van der Waals surface area contributed by atoms with Gasteiger partial charge in [-0.3, -0.25) is 14.5 Å². The Morgan fingerprint density at radius 3 is 2.57 bits per heavy atom. The minimum Gasteiger partial charge on any atom is -0.480 e. The Morgan fingerprint density at radius 1 is 1.09 bits per heavy atom. The van der Waals surface area contributed by atoms with Crippen LogP contribution >= 0.6 is 0 Å². The van der Waals surface area contributed by atoms with Gasteiger partial charge in [-0.2, -0.15) is 0 Å². The van der Waals surface area contributed by atoms with Crippen molar-refractivity contribution in [3.63, 3.8) is 0 Å². The van der Waals surface area contributed by atoms with E-state index in [0.29, 0.717) is 24.5 Å². The highest BCUT2D eigenvalue weighted by atomic mass is 16.4. The summed E-state index contributed by atoms with van der Waals surface area (Å²) in [4.78, 5) is 28.6. The molecule has 1 amide bonds. The second-order valence-corrected chi connectivity index (χ2v) is 7.52. The first-order valence-electron chi connectivity index (χ1n) is 9.39. The van der Waals surface area contributed by atoms with E-state index in [2.05, 4.69) is 6.92 Å². The molecule has 1 aliphatic carbocycles. The first-order chi connectivity index (χ1) is 11.1. The van der Waals surface area contributed by atoms with Crippen molar-refractivity contribution in [2.24, 2.45) is 5.92 Å². The van der Waals surface area contributed by atoms with Crippen molar-refractivity contribution in [1.29, 1.82) is 0 Å². The molecule has 1 saturated carbocycles. The Bertz CT molecular complexity index is 454. The van der Waals surface area contributed by atoms with Crippen molar-refractivity contribution in [2.75, 3.05) is 13.1 Å². The predicted molar refractivity (Wildman–Crippen MR) is 88.1 cm³/mol. The molecule has 4 atom stereocenters. The zero-order valence-corrected chi connectivity index (χ0v) is 14.2. The topological polar surface area (TPSA) is 60.9 Å². The monoisotopic (exact) mass is 322 g/mol. The number of aliphatic carboxylic acids is 1. The van der Waals surface area contributed by atoms with E-state index >= 15 is 0 Å². The molecule has 3 fully saturated rings. The molecule has 0 unspecified atom stereocenters. The van der Waals surface area contributed by atoms with Gasteiger partial charge in [-0.1, -0.05) is 19.8 Å². The van der Waals surface area contributed by atoms with E-state index in [9.17, 15) is 14.7 Å². The number of piperidine rings is 1. The summed E-state index contributed by atoms with van der Waals surface area (Å²) in [7, 11) is 0. The molecule has 0 bridgehead atoms. The Morgan fingerprint density at radius 2 is 1.83 bits per heavy atom. The smallest absolute Gasteiger partial charge is 0.320 e. The van der Waals surface area contributed by atoms with Gasteiger partial charge in [-0.15, -0.1) is 0 Å². The van der Waals surface area contributed by atoms with Crippen LogP contribution in [0.5, 0.6) is 0 Å². The van der Waals surface area contributed by atoms with Crippen LogP contribution in [0.25, 0.3) is 0 Å². The van der Waals surface area contributed by atoms with E-state index in [4.69, 9.17) is 0 Å². The van der Waals surface area contributed by atoms with E-state index in [0.717, 1.165) is 45.1 Å². The second-order valence-electron chi connectivity index (χ2n) is 7.52. The maximum Gasteiger partial charge on any atom is 0.320 e. The average Bonchev–Trinajstić information content (AvgIpc) is 2.94. The largest absolute Gasteiger partial charge is 0.480 e. The van der Waals surface area contributed by atoms with E-state index in [1.165, 1.54) is 19.3 Å². The fourth-order valence-corrected chi connectivity index (χ4v) is 5.02. The maximum atomic E-state index is 12.9. The lowest BCUT2D eigenvalue weighted by molar-refractivity contribution is -0.145. The van der Waals surface area contributed by atoms with Gasteiger partial charge >= 0.3 is 5.97 Å². The highest BCUT2D eigenvalue weighted by molar-refractivity contribution is 5.81. The first kappa shape index (κ1) is 16.7. The Kier molecular flexibility index (Phi) is 5.24. The van der Waals surface area contributed by atoms with Crippen molar-refractivity contribution in [1.82, 2.24) is 9.80 Å². The van der Waals surface area contributed by atoms with Gasteiger partial charge in [-0.25, -0.2) is 0 Å². The van der Waals surface area contributed by atoms with E-state index in [-0.39, 0.29) is 5.91 Å². The number of likely N-dealkylation sites (tertiary alicyclic amines) is 2. The lowest BCUT2D eigenvalue weighted by Crippen LogP contribution is -2.51. The van der Waals surface area contributed by atoms with E-state index < -0.39 is 12.0 Å². The number of carboxylic acids is 1. The van der Waals surface area contributed by atoms with Gasteiger partial charge in [0.2, 0.25) is 5.91 Å². The number of fused-ring (bicyclic) bond motifs is 1. The van der Waals surface area contributed by atoms with Crippen LogP contribution in [0.4, 0.5) is 0 Å². The molecular formula is C18H30N2O3. The summed E-state index contributed by atoms with van der Waals surface area (Å²) in [5, 5.41) is 9.59. The lowest BCUT2D eigenvalue weighted by Gasteiger charge is -2.38. The van der Waals surface area contributed by atoms with Crippen LogP contribution in [0, 0.1) is 5.92 Å². The van der Waals surface area contributed by atoms with Crippen LogP contribution in [0.3, 0.4) is 0 Å². The van der Waals surface area contributed by atoms with Crippen molar-refractivity contribution in [3.05, 3.63) is 0 Å². The van der Waals surface area contributed by atoms with Gasteiger partial charge in [0.05, 0.1) is 6.54 Å². The molecule has 0 aromatic heterocycles. The van der Waals surface area contributed by atoms with Gasteiger partial charge < -0.3 is 10.0 Å². The van der Waals surface area contributed by atoms with Crippen LogP contribution in [-0.4, -0.2) is 58.0 Å². The number of carbonyl (C=O) groups is 2. The van der Waals surface area contributed by atoms with Gasteiger partial charge in [0.25, 0.3) is 0 Å². The quantitative estimate of drug-likeness (QED) is 0.864. The third kappa shape index (κ3) is 3.39. The van der Waals surface area contributed by atoms with Crippen LogP contribution in [0.2, 0.25) is 0 Å². The zero-order valence-electron chi connectivity index (χ0n) is 14.2. The van der Waals surface area contributed by atoms with Crippen molar-refractivity contribution in [3.8, 4) is 0 Å². The van der Waals surface area contributed by atoms with Crippen LogP contribution in [0.15, 0.2) is 0 Å². The minimum absolute atomic E-state index is 0.147. The number of carbonyl (C=O) groups excluding carboxylic acids is 1. The Labute approximate surface area is 139 Å². The fraction of sp³-hybridized carbons (Fsp3) is 0.889. The molecule has 3 rings (SSSR count). The molecular weight excluding hydrogens is 292 g/mol. The molecule has 2 heterocycles. The highest BCUT2D eigenvalue weighted by Gasteiger charge is 2.46. The molecule has 0 aromatic carbocycles. The molecule has 0 aromatic rings. The summed E-state index contributed by atoms with van der Waals surface area (Å²) >= 11 is 0. The second kappa shape index (κ2) is 7.20. The molecule has 2 saturated heterocycles. The number of carboxylic acid groups (broad SMARTS) is 1. The summed E-state index contributed by atoms with van der Waals surface area (Å²) in [5.74, 6) is -0.132. The molecule has 5 nitrogen and oxygen atoms in total. The Balaban J connectivity index is 1.70. The Hall–Kier alpha value is -1.10. The minimum atomic E-state index is -0.752. The number of rotatable bonds is 4. The summed E-state index contributed by atoms with van der Waals surface area (Å²) in [6.07, 6.45) is 9.66. The standard InChI is InChI=1S/C18H30N2O3/c1-2-14-8-5-6-10-19(14)17(21)12-20-15-9-4-3-7-13(15)11-16(20)18(22)23/h13-16H,2-12H2,1H3,(H,22,23)/t13-,14+,15+,16-/m0/s1. The van der Waals surface area contributed by atoms with Crippen LogP contribution in [-0.2, 0) is 9.59 Å². The molecule has 5 heteroatoms. The highest BCUT2D eigenvalue weighted by Crippen LogP contribution is 2.39. The summed E-state index contributed by atoms with van der Waals surface area (Å²) < 4.78 is 0. The van der Waals surface area contributed by atoms with Crippen LogP contribution < -0.4 is 0 Å². The average molecular weight is 322 g/mol. The van der Waals surface area contributed by atoms with Gasteiger partial charge in [0.1, 0.15) is 6.04 Å². The third-order valence-corrected chi connectivity index (χ3v) is 6.24. The molecule has 2 aliphatic heterocycles. The molecule has 3 aliphatic rings. The zero-order chi connectivity index (χ0) is 16.4. The first-order valence-corrected chi connectivity index (χ1v) is 9.39. The summed E-state index contributed by atoms with van der Waals surface area (Å²) in [5.41, 5.74) is 0. The normalized spacial score (nSPS) is 35.1. The number of hydrogen-bond acceptors (Lipinski definition) is 3. The summed E-state index contributed by atoms with van der Waals surface area (Å²) in [6.45, 7) is 3.29. The fourth-order valence-electron chi connectivity index (χ4n) is 5.02. The molecule has 0 radical (unpaired) electrons. The van der Waals surface area contributed by atoms with Crippen molar-refractivity contribution in [2.45, 2.75) is 82.8 Å². The van der Waals surface area contributed by atoms with Crippen molar-refractivity contribution >= 4 is 11.9 Å². The SMILES string of the molecule is CC[C@@H]1CCCCN1C(=O)CN1[C@@H]2CCCC[C@H]2C[C@H]1C(=O)O. The molecule has 1 N–H and O–H groups in total. The van der Waals surface area contributed by atoms with Gasteiger partial charge in [0, 0.05) is 18.6 Å². The third-order valence-electron chi connectivity index (χ3n) is 6.24. The van der Waals surface area contributed by atoms with E-state index in [1.54, 1.807) is 0 Å². The molecule has 23 heavy (non-hydrogen) atoms. The van der Waals surface area contributed by atoms with E-state index in [1.807, 2.05) is 9.80 Å². The number of amides is 1. The summed E-state index contributed by atoms with van der Waals surface area (Å²) in [6, 6.07) is 0.194. The number of nitrogens with zero attached hydrogens (tertiary/aromatic N) is 2.